The molecule has 0 radical (unpaired) electrons. The highest BCUT2D eigenvalue weighted by Crippen LogP contribution is 2.02. The van der Waals surface area contributed by atoms with Crippen molar-refractivity contribution in [2.75, 3.05) is 0 Å². The molecule has 12 heavy (non-hydrogen) atoms. The highest BCUT2D eigenvalue weighted by molar-refractivity contribution is 7.09. The lowest BCUT2D eigenvalue weighted by Crippen LogP contribution is -1.70. The summed E-state index contributed by atoms with van der Waals surface area (Å²) in [7, 11) is 0. The molecule has 0 aromatic carbocycles. The summed E-state index contributed by atoms with van der Waals surface area (Å²) in [5.74, 6) is 0. The standard InChI is InChI=1S/C5H7NS.C3H8.C2H6/c1-2-5-6-3-4-7-5;1-3-2;1-2/h3-4H,2H2,1H3;3H2,1-2H3;1-2H3. The highest BCUT2D eigenvalue weighted by atomic mass is 32.1. The summed E-state index contributed by atoms with van der Waals surface area (Å²) in [6, 6.07) is 0. The second-order valence-corrected chi connectivity index (χ2v) is 2.97. The Hall–Kier alpha value is -0.370. The van der Waals surface area contributed by atoms with Gasteiger partial charge in [-0.05, 0) is 6.42 Å². The van der Waals surface area contributed by atoms with Crippen LogP contribution < -0.4 is 0 Å². The van der Waals surface area contributed by atoms with Gasteiger partial charge < -0.3 is 0 Å². The van der Waals surface area contributed by atoms with Gasteiger partial charge in [-0.1, -0.05) is 41.0 Å². The number of hydrogen-bond acceptors (Lipinski definition) is 2. The van der Waals surface area contributed by atoms with Crippen LogP contribution in [0.25, 0.3) is 0 Å². The summed E-state index contributed by atoms with van der Waals surface area (Å²) in [4.78, 5) is 4.05. The smallest absolute Gasteiger partial charge is 0.0922 e. The minimum atomic E-state index is 1.07. The van der Waals surface area contributed by atoms with Gasteiger partial charge in [0.25, 0.3) is 0 Å². The number of hydrogen-bond donors (Lipinski definition) is 0. The van der Waals surface area contributed by atoms with Crippen molar-refractivity contribution in [3.63, 3.8) is 0 Å². The van der Waals surface area contributed by atoms with Crippen molar-refractivity contribution >= 4 is 11.3 Å². The van der Waals surface area contributed by atoms with Crippen LogP contribution in [0.5, 0.6) is 0 Å². The SMILES string of the molecule is CC.CCC.CCc1nccs1. The predicted octanol–water partition coefficient (Wildman–Crippen LogP) is 4.15. The molecular formula is C10H21NS. The van der Waals surface area contributed by atoms with Crippen molar-refractivity contribution in [2.45, 2.75) is 47.5 Å². The van der Waals surface area contributed by atoms with Crippen LogP contribution in [0, 0.1) is 0 Å². The molecule has 0 aliphatic rings. The molecule has 1 nitrogen and oxygen atoms in total. The first-order valence-electron chi connectivity index (χ1n) is 4.73. The molecule has 0 bridgehead atoms. The summed E-state index contributed by atoms with van der Waals surface area (Å²) in [6.07, 6.45) is 4.15. The lowest BCUT2D eigenvalue weighted by molar-refractivity contribution is 1.09. The first kappa shape index (κ1) is 14.2. The molecule has 0 unspecified atom stereocenters. The summed E-state index contributed by atoms with van der Waals surface area (Å²) in [6.45, 7) is 10.4. The molecule has 0 amide bonds. The summed E-state index contributed by atoms with van der Waals surface area (Å²) >= 11 is 1.71. The largest absolute Gasteiger partial charge is 0.250 e. The molecule has 1 rings (SSSR count). The fraction of sp³-hybridized carbons (Fsp3) is 0.700. The Labute approximate surface area is 80.9 Å². The summed E-state index contributed by atoms with van der Waals surface area (Å²) < 4.78 is 0. The van der Waals surface area contributed by atoms with Gasteiger partial charge in [-0.25, -0.2) is 4.98 Å². The molecule has 0 atom stereocenters. The monoisotopic (exact) mass is 187 g/mol. The van der Waals surface area contributed by atoms with Crippen LogP contribution in [0.15, 0.2) is 11.6 Å². The van der Waals surface area contributed by atoms with Crippen molar-refractivity contribution in [2.24, 2.45) is 0 Å². The molecule has 0 fully saturated rings. The third-order valence-electron chi connectivity index (χ3n) is 0.786. The Morgan fingerprint density at radius 3 is 1.92 bits per heavy atom. The van der Waals surface area contributed by atoms with Crippen molar-refractivity contribution < 1.29 is 0 Å². The van der Waals surface area contributed by atoms with Crippen molar-refractivity contribution in [1.82, 2.24) is 4.98 Å². The zero-order valence-electron chi connectivity index (χ0n) is 8.92. The molecule has 1 aromatic rings. The van der Waals surface area contributed by atoms with E-state index in [0.29, 0.717) is 0 Å². The van der Waals surface area contributed by atoms with E-state index in [1.54, 1.807) is 11.3 Å². The predicted molar refractivity (Wildman–Crippen MR) is 58.8 cm³/mol. The average molecular weight is 187 g/mol. The van der Waals surface area contributed by atoms with Crippen LogP contribution in [-0.2, 0) is 6.42 Å². The number of aromatic nitrogens is 1. The summed E-state index contributed by atoms with van der Waals surface area (Å²) in [5.41, 5.74) is 0. The molecule has 0 aliphatic heterocycles. The zero-order chi connectivity index (χ0) is 9.82. The fourth-order valence-corrected chi connectivity index (χ4v) is 0.995. The van der Waals surface area contributed by atoms with E-state index in [9.17, 15) is 0 Å². The molecule has 0 aliphatic carbocycles. The van der Waals surface area contributed by atoms with Crippen molar-refractivity contribution in [3.8, 4) is 0 Å². The molecule has 1 aromatic heterocycles. The number of aryl methyl sites for hydroxylation is 1. The van der Waals surface area contributed by atoms with Crippen LogP contribution in [0.3, 0.4) is 0 Å². The van der Waals surface area contributed by atoms with E-state index in [4.69, 9.17) is 0 Å². The minimum Gasteiger partial charge on any atom is -0.250 e. The Morgan fingerprint density at radius 1 is 1.25 bits per heavy atom. The average Bonchev–Trinajstić information content (AvgIpc) is 2.61. The van der Waals surface area contributed by atoms with E-state index >= 15 is 0 Å². The Kier molecular flexibility index (Phi) is 15.6. The second kappa shape index (κ2) is 13.2. The third kappa shape index (κ3) is 9.63. The number of nitrogens with zero attached hydrogens (tertiary/aromatic N) is 1. The van der Waals surface area contributed by atoms with Gasteiger partial charge in [0.15, 0.2) is 0 Å². The quantitative estimate of drug-likeness (QED) is 0.643. The topological polar surface area (TPSA) is 12.9 Å². The minimum absolute atomic E-state index is 1.07. The summed E-state index contributed by atoms with van der Waals surface area (Å²) in [5, 5.41) is 3.22. The number of thiazole rings is 1. The van der Waals surface area contributed by atoms with E-state index in [-0.39, 0.29) is 0 Å². The maximum atomic E-state index is 4.05. The fourth-order valence-electron chi connectivity index (χ4n) is 0.428. The Bertz CT molecular complexity index is 136. The molecule has 0 N–H and O–H groups in total. The molecule has 0 saturated heterocycles. The normalized spacial score (nSPS) is 7.42. The first-order chi connectivity index (χ1) is 5.85. The second-order valence-electron chi connectivity index (χ2n) is 1.99. The Morgan fingerprint density at radius 2 is 1.75 bits per heavy atom. The van der Waals surface area contributed by atoms with E-state index in [0.717, 1.165) is 6.42 Å². The molecule has 2 heteroatoms. The van der Waals surface area contributed by atoms with Gasteiger partial charge in [-0.2, -0.15) is 0 Å². The Balaban J connectivity index is 0. The van der Waals surface area contributed by atoms with Gasteiger partial charge >= 0.3 is 0 Å². The van der Waals surface area contributed by atoms with E-state index < -0.39 is 0 Å². The van der Waals surface area contributed by atoms with E-state index in [2.05, 4.69) is 25.8 Å². The van der Waals surface area contributed by atoms with Crippen molar-refractivity contribution in [1.29, 1.82) is 0 Å². The van der Waals surface area contributed by atoms with Crippen LogP contribution in [0.1, 0.15) is 46.0 Å². The van der Waals surface area contributed by atoms with Gasteiger partial charge in [0.2, 0.25) is 0 Å². The maximum Gasteiger partial charge on any atom is 0.0922 e. The molecule has 72 valence electrons. The van der Waals surface area contributed by atoms with E-state index in [1.807, 2.05) is 25.4 Å². The van der Waals surface area contributed by atoms with Gasteiger partial charge in [0, 0.05) is 11.6 Å². The van der Waals surface area contributed by atoms with Crippen molar-refractivity contribution in [3.05, 3.63) is 16.6 Å². The molecule has 0 saturated carbocycles. The number of rotatable bonds is 1. The van der Waals surface area contributed by atoms with Gasteiger partial charge in [0.1, 0.15) is 0 Å². The third-order valence-corrected chi connectivity index (χ3v) is 1.71. The molecule has 1 heterocycles. The lowest BCUT2D eigenvalue weighted by atomic mass is 10.5. The van der Waals surface area contributed by atoms with Gasteiger partial charge in [0.05, 0.1) is 5.01 Å². The van der Waals surface area contributed by atoms with Crippen LogP contribution in [0.2, 0.25) is 0 Å². The zero-order valence-corrected chi connectivity index (χ0v) is 9.74. The van der Waals surface area contributed by atoms with Crippen LogP contribution in [0.4, 0.5) is 0 Å². The van der Waals surface area contributed by atoms with E-state index in [1.165, 1.54) is 11.4 Å². The maximum absolute atomic E-state index is 4.05. The molecule has 0 spiro atoms. The van der Waals surface area contributed by atoms with Crippen LogP contribution >= 0.6 is 11.3 Å². The highest BCUT2D eigenvalue weighted by Gasteiger charge is 1.84. The van der Waals surface area contributed by atoms with Gasteiger partial charge in [-0.3, -0.25) is 0 Å². The lowest BCUT2D eigenvalue weighted by Gasteiger charge is -1.77. The molecular weight excluding hydrogens is 166 g/mol. The first-order valence-corrected chi connectivity index (χ1v) is 5.61. The van der Waals surface area contributed by atoms with Crippen LogP contribution in [-0.4, -0.2) is 4.98 Å². The van der Waals surface area contributed by atoms with Gasteiger partial charge in [-0.15, -0.1) is 11.3 Å².